The molecule has 0 aromatic carbocycles. The molecule has 0 atom stereocenters. The second kappa shape index (κ2) is 8.79. The van der Waals surface area contributed by atoms with E-state index in [0.29, 0.717) is 30.4 Å². The highest BCUT2D eigenvalue weighted by Gasteiger charge is 2.14. The Morgan fingerprint density at radius 1 is 1.05 bits per heavy atom. The summed E-state index contributed by atoms with van der Waals surface area (Å²) in [6, 6.07) is 1.08. The second-order valence-electron chi connectivity index (χ2n) is 5.47. The average Bonchev–Trinajstić information content (AvgIpc) is 2.45. The topological polar surface area (TPSA) is 59.5 Å². The Hall–Kier alpha value is -1.40. The van der Waals surface area contributed by atoms with Gasteiger partial charge in [-0.25, -0.2) is 9.97 Å². The minimum atomic E-state index is 0.538. The smallest absolute Gasteiger partial charge is 0.224 e. The van der Waals surface area contributed by atoms with Crippen LogP contribution in [0.3, 0.4) is 0 Å². The van der Waals surface area contributed by atoms with Gasteiger partial charge in [0.1, 0.15) is 6.33 Å². The van der Waals surface area contributed by atoms with Gasteiger partial charge in [-0.3, -0.25) is 4.90 Å². The van der Waals surface area contributed by atoms with Gasteiger partial charge in [0.25, 0.3) is 0 Å². The molecule has 0 aliphatic rings. The van der Waals surface area contributed by atoms with Crippen LogP contribution in [0.5, 0.6) is 11.8 Å². The number of aromatic nitrogens is 2. The normalized spacial score (nSPS) is 11.5. The van der Waals surface area contributed by atoms with E-state index in [2.05, 4.69) is 47.9 Å². The average molecular weight is 296 g/mol. The van der Waals surface area contributed by atoms with Gasteiger partial charge in [-0.1, -0.05) is 0 Å². The van der Waals surface area contributed by atoms with E-state index in [9.17, 15) is 0 Å². The monoisotopic (exact) mass is 296 g/mol. The number of rotatable bonds is 9. The number of nitrogens with one attached hydrogen (secondary N) is 1. The summed E-state index contributed by atoms with van der Waals surface area (Å²) >= 11 is 0. The van der Waals surface area contributed by atoms with Gasteiger partial charge < -0.3 is 14.8 Å². The van der Waals surface area contributed by atoms with E-state index in [1.807, 2.05) is 0 Å². The standard InChI is InChI=1S/C15H28N4O2/c1-11(2)19(12(3)4)8-7-16-9-13-14(20-5)17-10-18-15(13)21-6/h10-12,16H,7-9H2,1-6H3. The summed E-state index contributed by atoms with van der Waals surface area (Å²) in [5.74, 6) is 1.11. The van der Waals surface area contributed by atoms with Gasteiger partial charge >= 0.3 is 0 Å². The molecule has 6 nitrogen and oxygen atoms in total. The van der Waals surface area contributed by atoms with Crippen LogP contribution >= 0.6 is 0 Å². The fourth-order valence-corrected chi connectivity index (χ4v) is 2.42. The third-order valence-corrected chi connectivity index (χ3v) is 3.43. The van der Waals surface area contributed by atoms with E-state index in [-0.39, 0.29) is 0 Å². The van der Waals surface area contributed by atoms with Crippen LogP contribution < -0.4 is 14.8 Å². The molecule has 120 valence electrons. The van der Waals surface area contributed by atoms with Crippen molar-refractivity contribution in [1.82, 2.24) is 20.2 Å². The number of hydrogen-bond acceptors (Lipinski definition) is 6. The van der Waals surface area contributed by atoms with Crippen molar-refractivity contribution in [3.05, 3.63) is 11.9 Å². The molecule has 0 spiro atoms. The van der Waals surface area contributed by atoms with E-state index in [4.69, 9.17) is 9.47 Å². The van der Waals surface area contributed by atoms with Crippen LogP contribution in [-0.4, -0.2) is 54.3 Å². The third kappa shape index (κ3) is 5.13. The van der Waals surface area contributed by atoms with Crippen molar-refractivity contribution in [3.8, 4) is 11.8 Å². The molecule has 0 fully saturated rings. The van der Waals surface area contributed by atoms with Crippen molar-refractivity contribution < 1.29 is 9.47 Å². The van der Waals surface area contributed by atoms with Crippen LogP contribution in [-0.2, 0) is 6.54 Å². The molecule has 1 heterocycles. The fraction of sp³-hybridized carbons (Fsp3) is 0.733. The summed E-state index contributed by atoms with van der Waals surface area (Å²) < 4.78 is 10.5. The number of nitrogens with zero attached hydrogens (tertiary/aromatic N) is 3. The maximum atomic E-state index is 5.26. The molecule has 1 rings (SSSR count). The van der Waals surface area contributed by atoms with Crippen LogP contribution in [0, 0.1) is 0 Å². The molecule has 0 aliphatic carbocycles. The van der Waals surface area contributed by atoms with Crippen molar-refractivity contribution >= 4 is 0 Å². The second-order valence-corrected chi connectivity index (χ2v) is 5.47. The highest BCUT2D eigenvalue weighted by atomic mass is 16.5. The fourth-order valence-electron chi connectivity index (χ4n) is 2.42. The Labute approximate surface area is 127 Å². The van der Waals surface area contributed by atoms with E-state index in [0.717, 1.165) is 18.7 Å². The molecule has 0 bridgehead atoms. The molecule has 0 radical (unpaired) electrons. The van der Waals surface area contributed by atoms with Crippen LogP contribution in [0.4, 0.5) is 0 Å². The maximum absolute atomic E-state index is 5.26. The first-order valence-electron chi connectivity index (χ1n) is 7.39. The summed E-state index contributed by atoms with van der Waals surface area (Å²) in [7, 11) is 3.20. The van der Waals surface area contributed by atoms with E-state index in [1.165, 1.54) is 6.33 Å². The van der Waals surface area contributed by atoms with Gasteiger partial charge in [-0.15, -0.1) is 0 Å². The summed E-state index contributed by atoms with van der Waals surface area (Å²) in [4.78, 5) is 10.7. The predicted octanol–water partition coefficient (Wildman–Crippen LogP) is 1.70. The zero-order valence-electron chi connectivity index (χ0n) is 14.0. The predicted molar refractivity (Wildman–Crippen MR) is 83.8 cm³/mol. The maximum Gasteiger partial charge on any atom is 0.224 e. The Morgan fingerprint density at radius 3 is 2.00 bits per heavy atom. The Balaban J connectivity index is 2.56. The lowest BCUT2D eigenvalue weighted by molar-refractivity contribution is 0.175. The van der Waals surface area contributed by atoms with Crippen LogP contribution in [0.1, 0.15) is 33.3 Å². The number of ether oxygens (including phenoxy) is 2. The van der Waals surface area contributed by atoms with Crippen molar-refractivity contribution in [2.24, 2.45) is 0 Å². The molecule has 0 unspecified atom stereocenters. The third-order valence-electron chi connectivity index (χ3n) is 3.43. The van der Waals surface area contributed by atoms with Crippen LogP contribution in [0.15, 0.2) is 6.33 Å². The quantitative estimate of drug-likeness (QED) is 0.700. The summed E-state index contributed by atoms with van der Waals surface area (Å²) in [5, 5.41) is 3.41. The van der Waals surface area contributed by atoms with Gasteiger partial charge in [0, 0.05) is 31.7 Å². The lowest BCUT2D eigenvalue weighted by Crippen LogP contribution is -2.41. The van der Waals surface area contributed by atoms with Gasteiger partial charge in [0.05, 0.1) is 19.8 Å². The minimum absolute atomic E-state index is 0.538. The summed E-state index contributed by atoms with van der Waals surface area (Å²) in [5.41, 5.74) is 0.850. The minimum Gasteiger partial charge on any atom is -0.481 e. The molecular formula is C15H28N4O2. The SMILES string of the molecule is COc1ncnc(OC)c1CNCCN(C(C)C)C(C)C. The highest BCUT2D eigenvalue weighted by molar-refractivity contribution is 5.34. The first-order valence-corrected chi connectivity index (χ1v) is 7.39. The van der Waals surface area contributed by atoms with Gasteiger partial charge in [-0.2, -0.15) is 0 Å². The van der Waals surface area contributed by atoms with Crippen molar-refractivity contribution in [2.45, 2.75) is 46.3 Å². The first kappa shape index (κ1) is 17.7. The Kier molecular flexibility index (Phi) is 7.39. The van der Waals surface area contributed by atoms with E-state index >= 15 is 0 Å². The molecular weight excluding hydrogens is 268 g/mol. The number of methoxy groups -OCH3 is 2. The largest absolute Gasteiger partial charge is 0.481 e. The van der Waals surface area contributed by atoms with Crippen LogP contribution in [0.25, 0.3) is 0 Å². The van der Waals surface area contributed by atoms with Gasteiger partial charge in [0.15, 0.2) is 0 Å². The molecule has 0 saturated heterocycles. The Morgan fingerprint density at radius 2 is 1.57 bits per heavy atom. The Bertz CT molecular complexity index is 394. The van der Waals surface area contributed by atoms with Crippen LogP contribution in [0.2, 0.25) is 0 Å². The molecule has 0 aliphatic heterocycles. The summed E-state index contributed by atoms with van der Waals surface area (Å²) in [6.45, 7) is 11.4. The zero-order chi connectivity index (χ0) is 15.8. The zero-order valence-corrected chi connectivity index (χ0v) is 14.0. The molecule has 1 N–H and O–H groups in total. The van der Waals surface area contributed by atoms with Crippen molar-refractivity contribution in [2.75, 3.05) is 27.3 Å². The van der Waals surface area contributed by atoms with E-state index < -0.39 is 0 Å². The molecule has 1 aromatic rings. The molecule has 0 saturated carbocycles. The first-order chi connectivity index (χ1) is 10.0. The molecule has 6 heteroatoms. The molecule has 0 amide bonds. The number of hydrogen-bond donors (Lipinski definition) is 1. The van der Waals surface area contributed by atoms with E-state index in [1.54, 1.807) is 14.2 Å². The van der Waals surface area contributed by atoms with Gasteiger partial charge in [-0.05, 0) is 27.7 Å². The highest BCUT2D eigenvalue weighted by Crippen LogP contribution is 2.22. The lowest BCUT2D eigenvalue weighted by atomic mass is 10.2. The van der Waals surface area contributed by atoms with Gasteiger partial charge in [0.2, 0.25) is 11.8 Å². The molecule has 21 heavy (non-hydrogen) atoms. The lowest BCUT2D eigenvalue weighted by Gasteiger charge is -2.30. The van der Waals surface area contributed by atoms with Crippen molar-refractivity contribution in [3.63, 3.8) is 0 Å². The molecule has 1 aromatic heterocycles. The summed E-state index contributed by atoms with van der Waals surface area (Å²) in [6.07, 6.45) is 1.44. The van der Waals surface area contributed by atoms with Crippen molar-refractivity contribution in [1.29, 1.82) is 0 Å².